The molecule has 0 amide bonds. The van der Waals surface area contributed by atoms with E-state index in [1.165, 1.54) is 32.1 Å². The number of aromatic nitrogens is 3. The highest BCUT2D eigenvalue weighted by Gasteiger charge is 2.24. The van der Waals surface area contributed by atoms with Crippen LogP contribution in [0.5, 0.6) is 0 Å². The van der Waals surface area contributed by atoms with Crippen LogP contribution in [0.4, 0.5) is 0 Å². The summed E-state index contributed by atoms with van der Waals surface area (Å²) in [6.45, 7) is 4.63. The van der Waals surface area contributed by atoms with Crippen molar-refractivity contribution in [2.45, 2.75) is 57.7 Å². The minimum Gasteiger partial charge on any atom is -0.468 e. The maximum Gasteiger partial charge on any atom is 0.191 e. The Labute approximate surface area is 189 Å². The van der Waals surface area contributed by atoms with E-state index >= 15 is 0 Å². The van der Waals surface area contributed by atoms with Crippen LogP contribution in [-0.2, 0) is 19.5 Å². The van der Waals surface area contributed by atoms with Crippen LogP contribution in [0.25, 0.3) is 0 Å². The van der Waals surface area contributed by atoms with E-state index in [9.17, 15) is 0 Å². The second kappa shape index (κ2) is 11.0. The van der Waals surface area contributed by atoms with Crippen LogP contribution in [-0.4, -0.2) is 52.3 Å². The van der Waals surface area contributed by atoms with Gasteiger partial charge in [-0.3, -0.25) is 9.89 Å². The van der Waals surface area contributed by atoms with Gasteiger partial charge in [-0.05, 0) is 50.9 Å². The fourth-order valence-corrected chi connectivity index (χ4v) is 4.20. The van der Waals surface area contributed by atoms with E-state index < -0.39 is 0 Å². The van der Waals surface area contributed by atoms with Crippen molar-refractivity contribution in [1.29, 1.82) is 0 Å². The summed E-state index contributed by atoms with van der Waals surface area (Å²) in [6.07, 6.45) is 9.02. The molecule has 2 N–H and O–H groups in total. The van der Waals surface area contributed by atoms with E-state index in [1.807, 2.05) is 6.07 Å². The molecular weight excluding hydrogens is 481 g/mol. The minimum absolute atomic E-state index is 0. The second-order valence-corrected chi connectivity index (χ2v) is 7.58. The molecule has 1 atom stereocenters. The predicted molar refractivity (Wildman–Crippen MR) is 123 cm³/mol. The Hall–Kier alpha value is -1.62. The molecule has 29 heavy (non-hydrogen) atoms. The molecule has 2 aromatic rings. The van der Waals surface area contributed by atoms with Gasteiger partial charge >= 0.3 is 0 Å². The number of fused-ring (bicyclic) bond motifs is 1. The van der Waals surface area contributed by atoms with E-state index in [-0.39, 0.29) is 30.0 Å². The first-order valence-electron chi connectivity index (χ1n) is 10.5. The van der Waals surface area contributed by atoms with E-state index in [1.54, 1.807) is 13.3 Å². The van der Waals surface area contributed by atoms with Gasteiger partial charge in [-0.1, -0.05) is 6.42 Å². The van der Waals surface area contributed by atoms with E-state index in [0.717, 1.165) is 56.0 Å². The molecule has 1 saturated heterocycles. The van der Waals surface area contributed by atoms with Gasteiger partial charge < -0.3 is 19.6 Å². The molecule has 0 aliphatic carbocycles. The fraction of sp³-hybridized carbons (Fsp3) is 0.650. The predicted octanol–water partition coefficient (Wildman–Crippen LogP) is 2.72. The molecule has 9 heteroatoms. The Bertz CT molecular complexity index is 768. The number of nitrogens with one attached hydrogen (secondary N) is 2. The number of aryl methyl sites for hydroxylation is 1. The average Bonchev–Trinajstić information content (AvgIpc) is 3.42. The van der Waals surface area contributed by atoms with Crippen molar-refractivity contribution in [3.63, 3.8) is 0 Å². The van der Waals surface area contributed by atoms with Crippen molar-refractivity contribution in [2.24, 2.45) is 4.99 Å². The summed E-state index contributed by atoms with van der Waals surface area (Å²) in [6, 6.07) is 4.25. The van der Waals surface area contributed by atoms with Crippen molar-refractivity contribution >= 4 is 29.9 Å². The summed E-state index contributed by atoms with van der Waals surface area (Å²) in [5.74, 6) is 3.88. The van der Waals surface area contributed by atoms with Gasteiger partial charge in [0.15, 0.2) is 11.8 Å². The first-order chi connectivity index (χ1) is 13.8. The lowest BCUT2D eigenvalue weighted by Gasteiger charge is -2.33. The van der Waals surface area contributed by atoms with E-state index in [4.69, 9.17) is 4.42 Å². The van der Waals surface area contributed by atoms with Crippen molar-refractivity contribution < 1.29 is 4.42 Å². The third-order valence-electron chi connectivity index (χ3n) is 5.74. The molecule has 4 rings (SSSR count). The lowest BCUT2D eigenvalue weighted by Crippen LogP contribution is -2.44. The molecule has 0 radical (unpaired) electrons. The minimum atomic E-state index is 0. The Balaban J connectivity index is 0.00000240. The SMILES string of the molecule is CN=C(NCc1nnc2n1CCCC2)NCC(c1ccco1)N1CCCCC1.I. The molecule has 0 spiro atoms. The fourth-order valence-electron chi connectivity index (χ4n) is 4.20. The summed E-state index contributed by atoms with van der Waals surface area (Å²) in [5.41, 5.74) is 0. The van der Waals surface area contributed by atoms with Crippen LogP contribution >= 0.6 is 24.0 Å². The molecule has 0 saturated carbocycles. The zero-order chi connectivity index (χ0) is 19.2. The van der Waals surface area contributed by atoms with Gasteiger partial charge in [-0.25, -0.2) is 0 Å². The summed E-state index contributed by atoms with van der Waals surface area (Å²) >= 11 is 0. The average molecular weight is 513 g/mol. The standard InChI is InChI=1S/C20H31N7O.HI/c1-21-20(23-15-19-25-24-18-9-3-6-12-27(18)19)22-14-16(17-8-7-13-28-17)26-10-4-2-5-11-26;/h7-8,13,16H,2-6,9-12,14-15H2,1H3,(H2,21,22,23);1H. The number of nitrogens with zero attached hydrogens (tertiary/aromatic N) is 5. The molecule has 160 valence electrons. The molecule has 1 fully saturated rings. The van der Waals surface area contributed by atoms with Gasteiger partial charge in [0, 0.05) is 26.6 Å². The third-order valence-corrected chi connectivity index (χ3v) is 5.74. The molecule has 2 aliphatic rings. The number of hydrogen-bond acceptors (Lipinski definition) is 5. The van der Waals surface area contributed by atoms with Crippen molar-refractivity contribution in [2.75, 3.05) is 26.7 Å². The molecule has 8 nitrogen and oxygen atoms in total. The highest BCUT2D eigenvalue weighted by atomic mass is 127. The number of rotatable bonds is 6. The molecule has 2 aromatic heterocycles. The van der Waals surface area contributed by atoms with Crippen molar-refractivity contribution in [3.05, 3.63) is 35.8 Å². The zero-order valence-electron chi connectivity index (χ0n) is 17.1. The first kappa shape index (κ1) is 22.1. The topological polar surface area (TPSA) is 83.5 Å². The smallest absolute Gasteiger partial charge is 0.191 e. The number of aliphatic imine (C=N–C) groups is 1. The van der Waals surface area contributed by atoms with Crippen LogP contribution in [0, 0.1) is 0 Å². The lowest BCUT2D eigenvalue weighted by atomic mass is 10.1. The molecule has 4 heterocycles. The van der Waals surface area contributed by atoms with E-state index in [0.29, 0.717) is 6.54 Å². The summed E-state index contributed by atoms with van der Waals surface area (Å²) < 4.78 is 7.97. The number of likely N-dealkylation sites (tertiary alicyclic amines) is 1. The quantitative estimate of drug-likeness (QED) is 0.351. The largest absolute Gasteiger partial charge is 0.468 e. The van der Waals surface area contributed by atoms with Gasteiger partial charge in [-0.15, -0.1) is 34.2 Å². The molecular formula is C20H32IN7O. The van der Waals surface area contributed by atoms with Gasteiger partial charge in [-0.2, -0.15) is 0 Å². The first-order valence-corrected chi connectivity index (χ1v) is 10.5. The third kappa shape index (κ3) is 5.50. The van der Waals surface area contributed by atoms with Crippen molar-refractivity contribution in [1.82, 2.24) is 30.3 Å². The molecule has 2 aliphatic heterocycles. The van der Waals surface area contributed by atoms with Crippen LogP contribution in [0.3, 0.4) is 0 Å². The maximum atomic E-state index is 5.73. The zero-order valence-corrected chi connectivity index (χ0v) is 19.5. The summed E-state index contributed by atoms with van der Waals surface area (Å²) in [4.78, 5) is 6.90. The Kier molecular flexibility index (Phi) is 8.34. The summed E-state index contributed by atoms with van der Waals surface area (Å²) in [5, 5.41) is 15.6. The van der Waals surface area contributed by atoms with Crippen LogP contribution < -0.4 is 10.6 Å². The van der Waals surface area contributed by atoms with Gasteiger partial charge in [0.2, 0.25) is 0 Å². The monoisotopic (exact) mass is 513 g/mol. The number of hydrogen-bond donors (Lipinski definition) is 2. The molecule has 0 aromatic carbocycles. The van der Waals surface area contributed by atoms with Gasteiger partial charge in [0.1, 0.15) is 11.6 Å². The summed E-state index contributed by atoms with van der Waals surface area (Å²) in [7, 11) is 1.80. The Morgan fingerprint density at radius 1 is 1.14 bits per heavy atom. The van der Waals surface area contributed by atoms with Crippen LogP contribution in [0.1, 0.15) is 55.6 Å². The molecule has 0 bridgehead atoms. The van der Waals surface area contributed by atoms with Gasteiger partial charge in [0.25, 0.3) is 0 Å². The van der Waals surface area contributed by atoms with Gasteiger partial charge in [0.05, 0.1) is 18.8 Å². The Morgan fingerprint density at radius 2 is 1.97 bits per heavy atom. The second-order valence-electron chi connectivity index (χ2n) is 7.58. The highest BCUT2D eigenvalue weighted by Crippen LogP contribution is 2.24. The van der Waals surface area contributed by atoms with E-state index in [2.05, 4.69) is 41.4 Å². The number of guanidine groups is 1. The highest BCUT2D eigenvalue weighted by molar-refractivity contribution is 14.0. The van der Waals surface area contributed by atoms with Crippen LogP contribution in [0.15, 0.2) is 27.8 Å². The number of furan rings is 1. The molecule has 1 unspecified atom stereocenters. The Morgan fingerprint density at radius 3 is 2.72 bits per heavy atom. The van der Waals surface area contributed by atoms with Crippen LogP contribution in [0.2, 0.25) is 0 Å². The van der Waals surface area contributed by atoms with Crippen molar-refractivity contribution in [3.8, 4) is 0 Å². The number of piperidine rings is 1. The maximum absolute atomic E-state index is 5.73. The lowest BCUT2D eigenvalue weighted by molar-refractivity contribution is 0.146. The number of halogens is 1. The normalized spacial score (nSPS) is 18.6.